The first-order valence-corrected chi connectivity index (χ1v) is 5.85. The minimum atomic E-state index is -0.267. The molecule has 1 rings (SSSR count). The number of nitrogens with zero attached hydrogens (tertiary/aromatic N) is 1. The summed E-state index contributed by atoms with van der Waals surface area (Å²) in [6.45, 7) is 4.18. The molecule has 0 spiro atoms. The molecule has 4 nitrogen and oxygen atoms in total. The third-order valence-electron chi connectivity index (χ3n) is 2.69. The molecular formula is C13H20N2O2. The highest BCUT2D eigenvalue weighted by Gasteiger charge is 2.22. The van der Waals surface area contributed by atoms with Crippen molar-refractivity contribution in [2.24, 2.45) is 0 Å². The smallest absolute Gasteiger partial charge is 0.328 e. The Hall–Kier alpha value is -1.71. The number of hydrogen-bond donors (Lipinski definition) is 1. The van der Waals surface area contributed by atoms with Gasteiger partial charge in [-0.1, -0.05) is 13.0 Å². The van der Waals surface area contributed by atoms with E-state index in [0.29, 0.717) is 18.7 Å². The van der Waals surface area contributed by atoms with Gasteiger partial charge in [-0.3, -0.25) is 0 Å². The number of nitrogens with two attached hydrogens (primary N) is 1. The first kappa shape index (κ1) is 13.4. The van der Waals surface area contributed by atoms with Gasteiger partial charge in [0.05, 0.1) is 6.61 Å². The SMILES string of the molecule is CCOC(=O)C(CC)N(C)c1cccc(N)c1. The highest BCUT2D eigenvalue weighted by Crippen LogP contribution is 2.20. The van der Waals surface area contributed by atoms with Crippen LogP contribution in [0.5, 0.6) is 0 Å². The molecule has 2 N–H and O–H groups in total. The summed E-state index contributed by atoms with van der Waals surface area (Å²) in [6, 6.07) is 7.21. The molecule has 0 aliphatic rings. The van der Waals surface area contributed by atoms with E-state index in [1.807, 2.05) is 50.1 Å². The van der Waals surface area contributed by atoms with Crippen molar-refractivity contribution in [2.75, 3.05) is 24.3 Å². The van der Waals surface area contributed by atoms with E-state index in [4.69, 9.17) is 10.5 Å². The number of nitrogen functional groups attached to an aromatic ring is 1. The highest BCUT2D eigenvalue weighted by atomic mass is 16.5. The Balaban J connectivity index is 2.85. The molecule has 0 aliphatic heterocycles. The fourth-order valence-electron chi connectivity index (χ4n) is 1.76. The van der Waals surface area contributed by atoms with Crippen molar-refractivity contribution in [3.8, 4) is 0 Å². The zero-order valence-corrected chi connectivity index (χ0v) is 10.6. The van der Waals surface area contributed by atoms with Gasteiger partial charge in [0.25, 0.3) is 0 Å². The standard InChI is InChI=1S/C13H20N2O2/c1-4-12(13(16)17-5-2)15(3)11-8-6-7-10(14)9-11/h6-9,12H,4-5,14H2,1-3H3. The van der Waals surface area contributed by atoms with Gasteiger partial charge in [-0.05, 0) is 31.5 Å². The van der Waals surface area contributed by atoms with E-state index in [1.54, 1.807) is 0 Å². The van der Waals surface area contributed by atoms with Crippen LogP contribution in [0.3, 0.4) is 0 Å². The van der Waals surface area contributed by atoms with Crippen LogP contribution in [0.4, 0.5) is 11.4 Å². The number of carbonyl (C=O) groups excluding carboxylic acids is 1. The Morgan fingerprint density at radius 1 is 1.47 bits per heavy atom. The van der Waals surface area contributed by atoms with Crippen LogP contribution < -0.4 is 10.6 Å². The third-order valence-corrected chi connectivity index (χ3v) is 2.69. The monoisotopic (exact) mass is 236 g/mol. The fourth-order valence-corrected chi connectivity index (χ4v) is 1.76. The maximum atomic E-state index is 11.8. The van der Waals surface area contributed by atoms with Crippen molar-refractivity contribution in [1.29, 1.82) is 0 Å². The maximum absolute atomic E-state index is 11.8. The van der Waals surface area contributed by atoms with Gasteiger partial charge in [-0.15, -0.1) is 0 Å². The van der Waals surface area contributed by atoms with Crippen molar-refractivity contribution in [2.45, 2.75) is 26.3 Å². The summed E-state index contributed by atoms with van der Waals surface area (Å²) < 4.78 is 5.06. The van der Waals surface area contributed by atoms with E-state index in [-0.39, 0.29) is 12.0 Å². The number of esters is 1. The topological polar surface area (TPSA) is 55.6 Å². The van der Waals surface area contributed by atoms with E-state index in [9.17, 15) is 4.79 Å². The largest absolute Gasteiger partial charge is 0.464 e. The number of likely N-dealkylation sites (N-methyl/N-ethyl adjacent to an activating group) is 1. The zero-order valence-electron chi connectivity index (χ0n) is 10.6. The molecule has 17 heavy (non-hydrogen) atoms. The average Bonchev–Trinajstić information content (AvgIpc) is 2.30. The van der Waals surface area contributed by atoms with E-state index in [1.165, 1.54) is 0 Å². The molecule has 0 aromatic heterocycles. The molecule has 0 amide bonds. The molecule has 1 aromatic carbocycles. The van der Waals surface area contributed by atoms with Crippen molar-refractivity contribution >= 4 is 17.3 Å². The normalized spacial score (nSPS) is 11.9. The average molecular weight is 236 g/mol. The molecule has 94 valence electrons. The number of ether oxygens (including phenoxy) is 1. The first-order chi connectivity index (χ1) is 8.10. The van der Waals surface area contributed by atoms with Crippen LogP contribution in [-0.4, -0.2) is 25.7 Å². The van der Waals surface area contributed by atoms with Crippen LogP contribution in [0.1, 0.15) is 20.3 Å². The van der Waals surface area contributed by atoms with Crippen molar-refractivity contribution in [3.05, 3.63) is 24.3 Å². The Morgan fingerprint density at radius 3 is 2.71 bits per heavy atom. The van der Waals surface area contributed by atoms with Gasteiger partial charge in [0, 0.05) is 18.4 Å². The minimum absolute atomic E-state index is 0.195. The van der Waals surface area contributed by atoms with Crippen LogP contribution >= 0.6 is 0 Å². The molecule has 0 radical (unpaired) electrons. The van der Waals surface area contributed by atoms with Gasteiger partial charge in [0.2, 0.25) is 0 Å². The molecule has 1 unspecified atom stereocenters. The number of hydrogen-bond acceptors (Lipinski definition) is 4. The molecule has 0 bridgehead atoms. The molecule has 1 atom stereocenters. The van der Waals surface area contributed by atoms with Crippen molar-refractivity contribution < 1.29 is 9.53 Å². The van der Waals surface area contributed by atoms with E-state index in [2.05, 4.69) is 0 Å². The maximum Gasteiger partial charge on any atom is 0.328 e. The summed E-state index contributed by atoms with van der Waals surface area (Å²) >= 11 is 0. The first-order valence-electron chi connectivity index (χ1n) is 5.85. The van der Waals surface area contributed by atoms with Gasteiger partial charge < -0.3 is 15.4 Å². The summed E-state index contributed by atoms with van der Waals surface area (Å²) in [6.07, 6.45) is 0.699. The van der Waals surface area contributed by atoms with Crippen molar-refractivity contribution in [3.63, 3.8) is 0 Å². The molecule has 0 saturated carbocycles. The summed E-state index contributed by atoms with van der Waals surface area (Å²) in [5.41, 5.74) is 7.34. The van der Waals surface area contributed by atoms with Gasteiger partial charge in [0.1, 0.15) is 6.04 Å². The summed E-state index contributed by atoms with van der Waals surface area (Å²) in [7, 11) is 1.87. The number of rotatable bonds is 5. The molecule has 0 fully saturated rings. The second kappa shape index (κ2) is 6.13. The summed E-state index contributed by atoms with van der Waals surface area (Å²) in [5.74, 6) is -0.195. The fraction of sp³-hybridized carbons (Fsp3) is 0.462. The quantitative estimate of drug-likeness (QED) is 0.628. The lowest BCUT2D eigenvalue weighted by atomic mass is 10.1. The second-order valence-corrected chi connectivity index (χ2v) is 3.88. The number of anilines is 2. The van der Waals surface area contributed by atoms with Crippen molar-refractivity contribution in [1.82, 2.24) is 0 Å². The third kappa shape index (κ3) is 3.37. The highest BCUT2D eigenvalue weighted by molar-refractivity contribution is 5.80. The Labute approximate surface area is 102 Å². The van der Waals surface area contributed by atoms with Crippen LogP contribution in [0.15, 0.2) is 24.3 Å². The minimum Gasteiger partial charge on any atom is -0.464 e. The van der Waals surface area contributed by atoms with Crippen LogP contribution in [0, 0.1) is 0 Å². The molecule has 0 saturated heterocycles. The predicted molar refractivity (Wildman–Crippen MR) is 70.0 cm³/mol. The van der Waals surface area contributed by atoms with Gasteiger partial charge in [-0.2, -0.15) is 0 Å². The molecule has 1 aromatic rings. The van der Waals surface area contributed by atoms with Crippen LogP contribution in [-0.2, 0) is 9.53 Å². The lowest BCUT2D eigenvalue weighted by molar-refractivity contribution is -0.144. The van der Waals surface area contributed by atoms with E-state index in [0.717, 1.165) is 5.69 Å². The number of carbonyl (C=O) groups is 1. The molecule has 0 aliphatic carbocycles. The second-order valence-electron chi connectivity index (χ2n) is 3.88. The Morgan fingerprint density at radius 2 is 2.18 bits per heavy atom. The van der Waals surface area contributed by atoms with Crippen LogP contribution in [0.25, 0.3) is 0 Å². The Kier molecular flexibility index (Phi) is 4.82. The van der Waals surface area contributed by atoms with E-state index < -0.39 is 0 Å². The zero-order chi connectivity index (χ0) is 12.8. The van der Waals surface area contributed by atoms with Gasteiger partial charge in [-0.25, -0.2) is 4.79 Å². The summed E-state index contributed by atoms with van der Waals surface area (Å²) in [5, 5.41) is 0. The van der Waals surface area contributed by atoms with Gasteiger partial charge >= 0.3 is 5.97 Å². The number of benzene rings is 1. The molecule has 0 heterocycles. The molecular weight excluding hydrogens is 216 g/mol. The Bertz CT molecular complexity index is 379. The molecule has 4 heteroatoms. The lowest BCUT2D eigenvalue weighted by Crippen LogP contribution is -2.39. The van der Waals surface area contributed by atoms with Crippen LogP contribution in [0.2, 0.25) is 0 Å². The van der Waals surface area contributed by atoms with E-state index >= 15 is 0 Å². The summed E-state index contributed by atoms with van der Waals surface area (Å²) in [4.78, 5) is 13.7. The lowest BCUT2D eigenvalue weighted by Gasteiger charge is -2.27. The predicted octanol–water partition coefficient (Wildman–Crippen LogP) is 2.05. The van der Waals surface area contributed by atoms with Gasteiger partial charge in [0.15, 0.2) is 0 Å².